The molecule has 0 radical (unpaired) electrons. The zero-order valence-electron chi connectivity index (χ0n) is 13.9. The average Bonchev–Trinajstić information content (AvgIpc) is 3.07. The van der Waals surface area contributed by atoms with Gasteiger partial charge in [0.05, 0.1) is 5.92 Å². The van der Waals surface area contributed by atoms with Crippen molar-refractivity contribution in [2.45, 2.75) is 51.0 Å². The van der Waals surface area contributed by atoms with E-state index in [4.69, 9.17) is 4.98 Å². The lowest BCUT2D eigenvalue weighted by molar-refractivity contribution is -0.126. The van der Waals surface area contributed by atoms with Gasteiger partial charge in [-0.1, -0.05) is 30.6 Å². The normalized spacial score (nSPS) is 22.7. The Hall–Kier alpha value is -1.69. The van der Waals surface area contributed by atoms with Crippen LogP contribution in [-0.4, -0.2) is 35.0 Å². The molecule has 4 rings (SSSR count). The number of piperidine rings is 1. The summed E-state index contributed by atoms with van der Waals surface area (Å²) in [6.07, 6.45) is 9.94. The molecule has 2 aromatic heterocycles. The zero-order chi connectivity index (χ0) is 16.4. The molecule has 1 aliphatic carbocycles. The number of anilines is 1. The molecule has 24 heavy (non-hydrogen) atoms. The van der Waals surface area contributed by atoms with E-state index in [1.165, 1.54) is 19.3 Å². The van der Waals surface area contributed by atoms with E-state index in [0.29, 0.717) is 6.04 Å². The van der Waals surface area contributed by atoms with E-state index < -0.39 is 0 Å². The van der Waals surface area contributed by atoms with Gasteiger partial charge in [0.2, 0.25) is 5.91 Å². The average molecular weight is 344 g/mol. The van der Waals surface area contributed by atoms with Crippen LogP contribution in [0.3, 0.4) is 0 Å². The third kappa shape index (κ3) is 3.38. The van der Waals surface area contributed by atoms with Gasteiger partial charge in [-0.15, -0.1) is 0 Å². The first-order valence-corrected chi connectivity index (χ1v) is 9.88. The lowest BCUT2D eigenvalue weighted by atomic mass is 9.93. The number of carbonyl (C=O) groups excluding carboxylic acids is 1. The minimum absolute atomic E-state index is 0.0839. The van der Waals surface area contributed by atoms with E-state index in [9.17, 15) is 4.79 Å². The molecule has 2 fully saturated rings. The Labute approximate surface area is 146 Å². The molecule has 5 nitrogen and oxygen atoms in total. The van der Waals surface area contributed by atoms with Gasteiger partial charge in [-0.2, -0.15) is 0 Å². The van der Waals surface area contributed by atoms with E-state index in [0.717, 1.165) is 54.3 Å². The number of hydrogen-bond acceptors (Lipinski definition) is 5. The van der Waals surface area contributed by atoms with Crippen LogP contribution in [0.2, 0.25) is 0 Å². The molecule has 0 bridgehead atoms. The summed E-state index contributed by atoms with van der Waals surface area (Å²) < 4.78 is 0. The molecule has 1 aliphatic heterocycles. The molecule has 0 aromatic carbocycles. The second-order valence-electron chi connectivity index (χ2n) is 6.95. The maximum Gasteiger partial charge on any atom is 0.225 e. The molecule has 0 spiro atoms. The third-order valence-corrected chi connectivity index (χ3v) is 6.21. The number of thiazole rings is 1. The van der Waals surface area contributed by atoms with Crippen LogP contribution in [0, 0.1) is 5.92 Å². The van der Waals surface area contributed by atoms with Crippen molar-refractivity contribution in [2.75, 3.05) is 18.0 Å². The number of rotatable bonds is 3. The van der Waals surface area contributed by atoms with E-state index in [1.807, 2.05) is 12.1 Å². The first-order valence-electron chi connectivity index (χ1n) is 9.06. The highest BCUT2D eigenvalue weighted by molar-refractivity contribution is 7.21. The number of amides is 1. The largest absolute Gasteiger partial charge is 0.353 e. The highest BCUT2D eigenvalue weighted by Gasteiger charge is 2.29. The summed E-state index contributed by atoms with van der Waals surface area (Å²) >= 11 is 1.63. The predicted octanol–water partition coefficient (Wildman–Crippen LogP) is 3.36. The van der Waals surface area contributed by atoms with Crippen molar-refractivity contribution in [1.29, 1.82) is 0 Å². The van der Waals surface area contributed by atoms with Crippen LogP contribution in [-0.2, 0) is 4.79 Å². The fourth-order valence-corrected chi connectivity index (χ4v) is 4.77. The molecule has 3 heterocycles. The van der Waals surface area contributed by atoms with Gasteiger partial charge in [-0.05, 0) is 37.8 Å². The van der Waals surface area contributed by atoms with Crippen molar-refractivity contribution in [3.8, 4) is 0 Å². The Bertz CT molecular complexity index is 677. The maximum absolute atomic E-state index is 12.6. The van der Waals surface area contributed by atoms with Crippen molar-refractivity contribution in [3.63, 3.8) is 0 Å². The summed E-state index contributed by atoms with van der Waals surface area (Å²) in [5, 5.41) is 4.29. The second kappa shape index (κ2) is 7.05. The number of aromatic nitrogens is 2. The van der Waals surface area contributed by atoms with Crippen LogP contribution in [0.5, 0.6) is 0 Å². The number of pyridine rings is 1. The van der Waals surface area contributed by atoms with Gasteiger partial charge in [0.1, 0.15) is 10.3 Å². The molecule has 1 amide bonds. The number of carbonyl (C=O) groups is 1. The second-order valence-corrected chi connectivity index (χ2v) is 7.91. The molecule has 1 atom stereocenters. The fourth-order valence-electron chi connectivity index (χ4n) is 3.82. The predicted molar refractivity (Wildman–Crippen MR) is 97.4 cm³/mol. The molecule has 128 valence electrons. The van der Waals surface area contributed by atoms with Crippen LogP contribution in [0.1, 0.15) is 44.9 Å². The quantitative estimate of drug-likeness (QED) is 0.927. The van der Waals surface area contributed by atoms with Crippen molar-refractivity contribution in [2.24, 2.45) is 5.92 Å². The molecule has 1 saturated heterocycles. The minimum atomic E-state index is 0.0839. The van der Waals surface area contributed by atoms with Crippen LogP contribution in [0.15, 0.2) is 18.3 Å². The third-order valence-electron chi connectivity index (χ3n) is 5.17. The van der Waals surface area contributed by atoms with E-state index in [2.05, 4.69) is 15.2 Å². The highest BCUT2D eigenvalue weighted by Crippen LogP contribution is 2.30. The van der Waals surface area contributed by atoms with Gasteiger partial charge in [0.15, 0.2) is 5.13 Å². The first-order chi connectivity index (χ1) is 11.8. The Morgan fingerprint density at radius 3 is 2.92 bits per heavy atom. The standard InChI is InChI=1S/C18H24N4OS/c23-16(20-14-7-2-1-3-8-14)13-6-5-11-22(12-13)18-21-15-9-4-10-19-17(15)24-18/h4,9-10,13-14H,1-3,5-8,11-12H2,(H,20,23). The van der Waals surface area contributed by atoms with E-state index >= 15 is 0 Å². The van der Waals surface area contributed by atoms with Gasteiger partial charge >= 0.3 is 0 Å². The minimum Gasteiger partial charge on any atom is -0.353 e. The topological polar surface area (TPSA) is 58.1 Å². The smallest absolute Gasteiger partial charge is 0.225 e. The van der Waals surface area contributed by atoms with Crippen molar-refractivity contribution < 1.29 is 4.79 Å². The fraction of sp³-hybridized carbons (Fsp3) is 0.611. The Balaban J connectivity index is 1.42. The van der Waals surface area contributed by atoms with E-state index in [-0.39, 0.29) is 11.8 Å². The number of hydrogen-bond donors (Lipinski definition) is 1. The molecular weight excluding hydrogens is 320 g/mol. The summed E-state index contributed by atoms with van der Waals surface area (Å²) in [6, 6.07) is 4.32. The van der Waals surface area contributed by atoms with Crippen molar-refractivity contribution in [1.82, 2.24) is 15.3 Å². The number of fused-ring (bicyclic) bond motifs is 1. The summed E-state index contributed by atoms with van der Waals surface area (Å²) in [6.45, 7) is 1.76. The summed E-state index contributed by atoms with van der Waals surface area (Å²) in [5.74, 6) is 0.325. The molecule has 1 saturated carbocycles. The molecule has 1 unspecified atom stereocenters. The Morgan fingerprint density at radius 1 is 1.21 bits per heavy atom. The molecule has 2 aromatic rings. The van der Waals surface area contributed by atoms with Crippen LogP contribution >= 0.6 is 11.3 Å². The monoisotopic (exact) mass is 344 g/mol. The lowest BCUT2D eigenvalue weighted by Crippen LogP contribution is -2.46. The lowest BCUT2D eigenvalue weighted by Gasteiger charge is -2.33. The van der Waals surface area contributed by atoms with Crippen molar-refractivity contribution in [3.05, 3.63) is 18.3 Å². The Kier molecular flexibility index (Phi) is 4.65. The summed E-state index contributed by atoms with van der Waals surface area (Å²) in [5.41, 5.74) is 0.950. The number of nitrogens with zero attached hydrogens (tertiary/aromatic N) is 3. The summed E-state index contributed by atoms with van der Waals surface area (Å²) in [4.78, 5) is 25.0. The Morgan fingerprint density at radius 2 is 2.08 bits per heavy atom. The van der Waals surface area contributed by atoms with Crippen LogP contribution in [0.4, 0.5) is 5.13 Å². The van der Waals surface area contributed by atoms with Gasteiger partial charge in [-0.3, -0.25) is 4.79 Å². The zero-order valence-corrected chi connectivity index (χ0v) is 14.7. The number of nitrogens with one attached hydrogen (secondary N) is 1. The van der Waals surface area contributed by atoms with Gasteiger partial charge in [-0.25, -0.2) is 9.97 Å². The maximum atomic E-state index is 12.6. The first kappa shape index (κ1) is 15.8. The van der Waals surface area contributed by atoms with Gasteiger partial charge in [0.25, 0.3) is 0 Å². The molecular formula is C18H24N4OS. The SMILES string of the molecule is O=C(NC1CCCCC1)C1CCCN(c2nc3cccnc3s2)C1. The van der Waals surface area contributed by atoms with Crippen LogP contribution in [0.25, 0.3) is 10.3 Å². The highest BCUT2D eigenvalue weighted by atomic mass is 32.1. The molecule has 2 aliphatic rings. The van der Waals surface area contributed by atoms with Gasteiger partial charge in [0, 0.05) is 25.3 Å². The van der Waals surface area contributed by atoms with Gasteiger partial charge < -0.3 is 10.2 Å². The molecule has 1 N–H and O–H groups in total. The molecule has 6 heteroatoms. The van der Waals surface area contributed by atoms with Crippen LogP contribution < -0.4 is 10.2 Å². The van der Waals surface area contributed by atoms with E-state index in [1.54, 1.807) is 17.5 Å². The summed E-state index contributed by atoms with van der Waals surface area (Å²) in [7, 11) is 0. The van der Waals surface area contributed by atoms with Crippen molar-refractivity contribution >= 4 is 32.7 Å².